The molecular formula is C14H23FN2O3S. The van der Waals surface area contributed by atoms with Crippen molar-refractivity contribution in [2.24, 2.45) is 0 Å². The Kier molecular flexibility index (Phi) is 5.86. The first-order valence-electron chi connectivity index (χ1n) is 6.59. The third-order valence-corrected chi connectivity index (χ3v) is 4.77. The normalized spacial score (nSPS) is 12.7. The van der Waals surface area contributed by atoms with E-state index in [0.717, 1.165) is 0 Å². The first-order chi connectivity index (χ1) is 9.63. The van der Waals surface area contributed by atoms with Crippen molar-refractivity contribution < 1.29 is 17.5 Å². The highest BCUT2D eigenvalue weighted by atomic mass is 32.2. The van der Waals surface area contributed by atoms with Crippen LogP contribution in [0.5, 0.6) is 0 Å². The number of hydrogen-bond acceptors (Lipinski definition) is 4. The molecule has 0 radical (unpaired) electrons. The van der Waals surface area contributed by atoms with Crippen LogP contribution in [0.15, 0.2) is 17.0 Å². The molecule has 0 heterocycles. The van der Waals surface area contributed by atoms with Crippen LogP contribution in [0.4, 0.5) is 4.39 Å². The highest BCUT2D eigenvalue weighted by Gasteiger charge is 2.28. The lowest BCUT2D eigenvalue weighted by molar-refractivity contribution is 0.141. The number of benzene rings is 1. The highest BCUT2D eigenvalue weighted by molar-refractivity contribution is 7.89. The predicted molar refractivity (Wildman–Crippen MR) is 80.2 cm³/mol. The van der Waals surface area contributed by atoms with Crippen LogP contribution < -0.4 is 10.0 Å². The average Bonchev–Trinajstić information content (AvgIpc) is 2.32. The Hall–Kier alpha value is -1.02. The van der Waals surface area contributed by atoms with E-state index in [-0.39, 0.29) is 17.1 Å². The van der Waals surface area contributed by atoms with Crippen molar-refractivity contribution >= 4 is 10.0 Å². The van der Waals surface area contributed by atoms with Gasteiger partial charge in [-0.25, -0.2) is 17.5 Å². The molecule has 0 aliphatic heterocycles. The molecule has 0 fully saturated rings. The van der Waals surface area contributed by atoms with E-state index in [9.17, 15) is 12.8 Å². The smallest absolute Gasteiger partial charge is 0.241 e. The summed E-state index contributed by atoms with van der Waals surface area (Å²) in [6.45, 7) is 5.47. The first-order valence-corrected chi connectivity index (χ1v) is 8.08. The summed E-state index contributed by atoms with van der Waals surface area (Å²) in [5.74, 6) is -0.535. The van der Waals surface area contributed by atoms with Gasteiger partial charge in [-0.1, -0.05) is 0 Å². The third-order valence-electron chi connectivity index (χ3n) is 2.94. The standard InChI is InChI=1S/C14H23FN2O3S/c1-10-12(15)6-11(8-16-4)7-13(10)21(18,19)17-14(2,3)9-20-5/h6-7,16-17H,8-9H2,1-5H3. The molecule has 0 aliphatic rings. The summed E-state index contributed by atoms with van der Waals surface area (Å²) in [5, 5.41) is 2.88. The van der Waals surface area contributed by atoms with E-state index >= 15 is 0 Å². The quantitative estimate of drug-likeness (QED) is 0.800. The van der Waals surface area contributed by atoms with Crippen molar-refractivity contribution in [1.29, 1.82) is 0 Å². The Labute approximate surface area is 125 Å². The molecule has 0 bridgehead atoms. The second kappa shape index (κ2) is 6.83. The van der Waals surface area contributed by atoms with Gasteiger partial charge in [0.1, 0.15) is 5.82 Å². The molecule has 0 aliphatic carbocycles. The van der Waals surface area contributed by atoms with Crippen LogP contribution in [-0.2, 0) is 21.3 Å². The maximum absolute atomic E-state index is 13.9. The monoisotopic (exact) mass is 318 g/mol. The SMILES string of the molecule is CNCc1cc(F)c(C)c(S(=O)(=O)NC(C)(C)COC)c1. The Morgan fingerprint density at radius 2 is 1.95 bits per heavy atom. The number of sulfonamides is 1. The topological polar surface area (TPSA) is 67.4 Å². The lowest BCUT2D eigenvalue weighted by atomic mass is 10.1. The number of hydrogen-bond donors (Lipinski definition) is 2. The Morgan fingerprint density at radius 1 is 1.33 bits per heavy atom. The van der Waals surface area contributed by atoms with Crippen molar-refractivity contribution in [3.8, 4) is 0 Å². The summed E-state index contributed by atoms with van der Waals surface area (Å²) in [7, 11) is -0.623. The summed E-state index contributed by atoms with van der Waals surface area (Å²) in [5.41, 5.74) is -0.101. The largest absolute Gasteiger partial charge is 0.383 e. The fraction of sp³-hybridized carbons (Fsp3) is 0.571. The molecule has 7 heteroatoms. The van der Waals surface area contributed by atoms with Gasteiger partial charge < -0.3 is 10.1 Å². The number of rotatable bonds is 7. The van der Waals surface area contributed by atoms with Crippen LogP contribution in [0, 0.1) is 12.7 Å². The van der Waals surface area contributed by atoms with Crippen molar-refractivity contribution in [2.45, 2.75) is 37.8 Å². The van der Waals surface area contributed by atoms with Gasteiger partial charge in [-0.2, -0.15) is 0 Å². The Bertz CT molecular complexity index is 600. The predicted octanol–water partition coefficient (Wildman–Crippen LogP) is 1.56. The number of methoxy groups -OCH3 is 1. The summed E-state index contributed by atoms with van der Waals surface area (Å²) >= 11 is 0. The molecule has 5 nitrogen and oxygen atoms in total. The van der Waals surface area contributed by atoms with Gasteiger partial charge in [-0.05, 0) is 45.5 Å². The van der Waals surface area contributed by atoms with E-state index in [4.69, 9.17) is 4.74 Å². The lowest BCUT2D eigenvalue weighted by Gasteiger charge is -2.25. The molecule has 0 amide bonds. The minimum absolute atomic E-state index is 0.0445. The zero-order valence-corrected chi connectivity index (χ0v) is 13.9. The second-order valence-electron chi connectivity index (χ2n) is 5.65. The summed E-state index contributed by atoms with van der Waals surface area (Å²) in [4.78, 5) is -0.0445. The van der Waals surface area contributed by atoms with Crippen LogP contribution in [0.25, 0.3) is 0 Å². The average molecular weight is 318 g/mol. The molecule has 0 atom stereocenters. The van der Waals surface area contributed by atoms with Crippen molar-refractivity contribution in [3.63, 3.8) is 0 Å². The molecule has 0 spiro atoms. The molecule has 120 valence electrons. The molecule has 1 aromatic rings. The van der Waals surface area contributed by atoms with Crippen LogP contribution in [0.3, 0.4) is 0 Å². The zero-order valence-electron chi connectivity index (χ0n) is 13.1. The van der Waals surface area contributed by atoms with Crippen molar-refractivity contribution in [3.05, 3.63) is 29.1 Å². The van der Waals surface area contributed by atoms with E-state index in [2.05, 4.69) is 10.0 Å². The zero-order chi connectivity index (χ0) is 16.3. The molecular weight excluding hydrogens is 295 g/mol. The molecule has 21 heavy (non-hydrogen) atoms. The van der Waals surface area contributed by atoms with Gasteiger partial charge in [-0.3, -0.25) is 0 Å². The molecule has 1 aromatic carbocycles. The van der Waals surface area contributed by atoms with Crippen LogP contribution in [0.1, 0.15) is 25.0 Å². The van der Waals surface area contributed by atoms with Crippen molar-refractivity contribution in [2.75, 3.05) is 20.8 Å². The van der Waals surface area contributed by atoms with E-state index < -0.39 is 21.4 Å². The molecule has 0 saturated carbocycles. The minimum atomic E-state index is -3.83. The van der Waals surface area contributed by atoms with Gasteiger partial charge >= 0.3 is 0 Å². The van der Waals surface area contributed by atoms with Gasteiger partial charge in [0.05, 0.1) is 17.0 Å². The molecule has 0 unspecified atom stereocenters. The van der Waals surface area contributed by atoms with Crippen LogP contribution in [-0.4, -0.2) is 34.7 Å². The maximum Gasteiger partial charge on any atom is 0.241 e. The summed E-state index contributed by atoms with van der Waals surface area (Å²) in [6.07, 6.45) is 0. The van der Waals surface area contributed by atoms with Gasteiger partial charge in [0, 0.05) is 19.2 Å². The molecule has 0 aromatic heterocycles. The summed E-state index contributed by atoms with van der Waals surface area (Å²) in [6, 6.07) is 2.82. The number of nitrogens with one attached hydrogen (secondary N) is 2. The second-order valence-corrected chi connectivity index (χ2v) is 7.30. The van der Waals surface area contributed by atoms with E-state index in [1.54, 1.807) is 20.9 Å². The Morgan fingerprint density at radius 3 is 2.48 bits per heavy atom. The van der Waals surface area contributed by atoms with Gasteiger partial charge in [0.25, 0.3) is 0 Å². The number of halogens is 1. The van der Waals surface area contributed by atoms with E-state index in [0.29, 0.717) is 12.1 Å². The molecule has 0 saturated heterocycles. The maximum atomic E-state index is 13.9. The lowest BCUT2D eigenvalue weighted by Crippen LogP contribution is -2.46. The fourth-order valence-corrected chi connectivity index (χ4v) is 3.80. The van der Waals surface area contributed by atoms with Gasteiger partial charge in [-0.15, -0.1) is 0 Å². The van der Waals surface area contributed by atoms with Crippen molar-refractivity contribution in [1.82, 2.24) is 10.0 Å². The van der Waals surface area contributed by atoms with Crippen LogP contribution >= 0.6 is 0 Å². The third kappa shape index (κ3) is 4.74. The van der Waals surface area contributed by atoms with Gasteiger partial charge in [0.2, 0.25) is 10.0 Å². The molecule has 1 rings (SSSR count). The minimum Gasteiger partial charge on any atom is -0.383 e. The molecule has 2 N–H and O–H groups in total. The number of ether oxygens (including phenoxy) is 1. The fourth-order valence-electron chi connectivity index (χ4n) is 2.10. The van der Waals surface area contributed by atoms with Gasteiger partial charge in [0.15, 0.2) is 0 Å². The van der Waals surface area contributed by atoms with E-state index in [1.165, 1.54) is 26.2 Å². The van der Waals surface area contributed by atoms with E-state index in [1.807, 2.05) is 0 Å². The van der Waals surface area contributed by atoms with Crippen LogP contribution in [0.2, 0.25) is 0 Å². The first kappa shape index (κ1) is 18.0. The highest BCUT2D eigenvalue weighted by Crippen LogP contribution is 2.22. The summed E-state index contributed by atoms with van der Waals surface area (Å²) < 4.78 is 46.5. The Balaban J connectivity index is 3.24.